The molecule has 0 N–H and O–H groups in total. The van der Waals surface area contributed by atoms with Gasteiger partial charge in [-0.2, -0.15) is 0 Å². The second kappa shape index (κ2) is 8.00. The number of fused-ring (bicyclic) bond motifs is 1. The van der Waals surface area contributed by atoms with E-state index >= 15 is 0 Å². The predicted octanol–water partition coefficient (Wildman–Crippen LogP) is 1.49. The Kier molecular flexibility index (Phi) is 5.40. The third kappa shape index (κ3) is 3.99. The van der Waals surface area contributed by atoms with Gasteiger partial charge in [-0.15, -0.1) is 0 Å². The Bertz CT molecular complexity index is 1250. The molecule has 0 spiro atoms. The second-order valence-electron chi connectivity index (χ2n) is 7.29. The van der Waals surface area contributed by atoms with E-state index in [0.717, 1.165) is 0 Å². The molecule has 0 atom stereocenters. The average molecular weight is 426 g/mol. The molecule has 0 aliphatic carbocycles. The van der Waals surface area contributed by atoms with Crippen LogP contribution in [0.1, 0.15) is 16.8 Å². The first-order valence-corrected chi connectivity index (χ1v) is 11.5. The van der Waals surface area contributed by atoms with Crippen LogP contribution in [0.15, 0.2) is 59.7 Å². The Morgan fingerprint density at radius 1 is 0.967 bits per heavy atom. The highest BCUT2D eigenvalue weighted by Crippen LogP contribution is 2.14. The fourth-order valence-corrected chi connectivity index (χ4v) is 4.50. The van der Waals surface area contributed by atoms with Gasteiger partial charge in [0.25, 0.3) is 11.5 Å². The number of hydrogen-bond acceptors (Lipinski definition) is 5. The smallest absolute Gasteiger partial charge is 0.265 e. The van der Waals surface area contributed by atoms with Gasteiger partial charge in [0, 0.05) is 31.7 Å². The maximum absolute atomic E-state index is 12.9. The Labute approximate surface area is 174 Å². The van der Waals surface area contributed by atoms with Crippen LogP contribution >= 0.6 is 0 Å². The molecule has 1 aliphatic heterocycles. The highest BCUT2D eigenvalue weighted by molar-refractivity contribution is 7.88. The maximum atomic E-state index is 12.9. The summed E-state index contributed by atoms with van der Waals surface area (Å²) in [7, 11) is -3.26. The van der Waals surface area contributed by atoms with Crippen molar-refractivity contribution in [3.8, 4) is 5.69 Å². The van der Waals surface area contributed by atoms with Gasteiger partial charge in [0.05, 0.1) is 22.8 Å². The van der Waals surface area contributed by atoms with Crippen LogP contribution in [-0.2, 0) is 10.0 Å². The third-order valence-electron chi connectivity index (χ3n) is 5.27. The van der Waals surface area contributed by atoms with E-state index in [1.165, 1.54) is 21.5 Å². The number of nitrogens with zero attached hydrogens (tertiary/aromatic N) is 4. The van der Waals surface area contributed by atoms with E-state index in [1.54, 1.807) is 47.4 Å². The van der Waals surface area contributed by atoms with E-state index in [1.807, 2.05) is 6.07 Å². The minimum atomic E-state index is -3.26. The van der Waals surface area contributed by atoms with Gasteiger partial charge in [-0.1, -0.05) is 12.1 Å². The molecular formula is C21H22N4O4S. The standard InChI is InChI=1S/C21H22N4O4S/c1-30(28,29)24-12-4-11-23(13-14-24)20(26)16-7-9-17(10-8-16)25-15-22-19-6-3-2-5-18(19)21(25)27/h2-3,5-10,15H,4,11-14H2,1H3. The van der Waals surface area contributed by atoms with Gasteiger partial charge in [0.1, 0.15) is 6.33 Å². The van der Waals surface area contributed by atoms with Crippen molar-refractivity contribution in [3.63, 3.8) is 0 Å². The summed E-state index contributed by atoms with van der Waals surface area (Å²) in [6, 6.07) is 13.9. The van der Waals surface area contributed by atoms with E-state index in [2.05, 4.69) is 4.98 Å². The number of carbonyl (C=O) groups is 1. The maximum Gasteiger partial charge on any atom is 0.265 e. The van der Waals surface area contributed by atoms with Gasteiger partial charge in [0.15, 0.2) is 0 Å². The number of para-hydroxylation sites is 1. The van der Waals surface area contributed by atoms with Crippen LogP contribution in [0.2, 0.25) is 0 Å². The van der Waals surface area contributed by atoms with Gasteiger partial charge >= 0.3 is 0 Å². The molecule has 1 aliphatic rings. The van der Waals surface area contributed by atoms with Crippen molar-refractivity contribution >= 4 is 26.8 Å². The van der Waals surface area contributed by atoms with Crippen molar-refractivity contribution in [3.05, 3.63) is 70.8 Å². The average Bonchev–Trinajstić information content (AvgIpc) is 3.00. The van der Waals surface area contributed by atoms with Crippen LogP contribution in [-0.4, -0.2) is 65.5 Å². The topological polar surface area (TPSA) is 92.6 Å². The lowest BCUT2D eigenvalue weighted by atomic mass is 10.1. The molecule has 8 nitrogen and oxygen atoms in total. The van der Waals surface area contributed by atoms with Crippen molar-refractivity contribution < 1.29 is 13.2 Å². The lowest BCUT2D eigenvalue weighted by Crippen LogP contribution is -2.36. The van der Waals surface area contributed by atoms with Crippen LogP contribution in [0.25, 0.3) is 16.6 Å². The first-order valence-electron chi connectivity index (χ1n) is 9.66. The molecule has 0 radical (unpaired) electrons. The molecule has 9 heteroatoms. The summed E-state index contributed by atoms with van der Waals surface area (Å²) in [5.41, 5.74) is 1.57. The molecule has 1 amide bonds. The molecule has 1 aromatic heterocycles. The molecule has 0 bridgehead atoms. The Balaban J connectivity index is 1.55. The summed E-state index contributed by atoms with van der Waals surface area (Å²) in [4.78, 5) is 31.6. The number of rotatable bonds is 3. The molecule has 2 aromatic carbocycles. The molecule has 3 aromatic rings. The van der Waals surface area contributed by atoms with Crippen molar-refractivity contribution in [2.45, 2.75) is 6.42 Å². The van der Waals surface area contributed by atoms with Gasteiger partial charge in [-0.25, -0.2) is 17.7 Å². The minimum Gasteiger partial charge on any atom is -0.337 e. The zero-order valence-electron chi connectivity index (χ0n) is 16.6. The Morgan fingerprint density at radius 2 is 1.70 bits per heavy atom. The number of aromatic nitrogens is 2. The molecule has 0 unspecified atom stereocenters. The van der Waals surface area contributed by atoms with Crippen molar-refractivity contribution in [2.24, 2.45) is 0 Å². The molecule has 1 fully saturated rings. The number of amides is 1. The second-order valence-corrected chi connectivity index (χ2v) is 9.27. The van der Waals surface area contributed by atoms with Crippen LogP contribution in [0.5, 0.6) is 0 Å². The summed E-state index contributed by atoms with van der Waals surface area (Å²) in [5, 5.41) is 0.528. The Hall–Kier alpha value is -3.04. The number of sulfonamides is 1. The van der Waals surface area contributed by atoms with Crippen molar-refractivity contribution in [2.75, 3.05) is 32.4 Å². The van der Waals surface area contributed by atoms with Gasteiger partial charge in [-0.05, 0) is 42.8 Å². The zero-order valence-corrected chi connectivity index (χ0v) is 17.4. The molecular weight excluding hydrogens is 404 g/mol. The predicted molar refractivity (Wildman–Crippen MR) is 114 cm³/mol. The lowest BCUT2D eigenvalue weighted by Gasteiger charge is -2.21. The van der Waals surface area contributed by atoms with Crippen LogP contribution < -0.4 is 5.56 Å². The molecule has 1 saturated heterocycles. The minimum absolute atomic E-state index is 0.152. The summed E-state index contributed by atoms with van der Waals surface area (Å²) in [6.45, 7) is 1.56. The highest BCUT2D eigenvalue weighted by atomic mass is 32.2. The molecule has 2 heterocycles. The zero-order chi connectivity index (χ0) is 21.3. The fourth-order valence-electron chi connectivity index (χ4n) is 3.63. The largest absolute Gasteiger partial charge is 0.337 e. The molecule has 4 rings (SSSR count). The van der Waals surface area contributed by atoms with E-state index < -0.39 is 10.0 Å². The van der Waals surface area contributed by atoms with E-state index in [4.69, 9.17) is 0 Å². The van der Waals surface area contributed by atoms with Crippen LogP contribution in [0.4, 0.5) is 0 Å². The van der Waals surface area contributed by atoms with Gasteiger partial charge in [0.2, 0.25) is 10.0 Å². The SMILES string of the molecule is CS(=O)(=O)N1CCCN(C(=O)c2ccc(-n3cnc4ccccc4c3=O)cc2)CC1. The first kappa shape index (κ1) is 20.2. The van der Waals surface area contributed by atoms with E-state index in [0.29, 0.717) is 54.8 Å². The monoisotopic (exact) mass is 426 g/mol. The Morgan fingerprint density at radius 3 is 2.43 bits per heavy atom. The summed E-state index contributed by atoms with van der Waals surface area (Å²) < 4.78 is 26.4. The van der Waals surface area contributed by atoms with Crippen molar-refractivity contribution in [1.82, 2.24) is 18.8 Å². The van der Waals surface area contributed by atoms with Gasteiger partial charge in [-0.3, -0.25) is 14.2 Å². The van der Waals surface area contributed by atoms with E-state index in [9.17, 15) is 18.0 Å². The molecule has 30 heavy (non-hydrogen) atoms. The molecule has 0 saturated carbocycles. The first-order chi connectivity index (χ1) is 14.3. The third-order valence-corrected chi connectivity index (χ3v) is 6.57. The van der Waals surface area contributed by atoms with Crippen LogP contribution in [0.3, 0.4) is 0 Å². The van der Waals surface area contributed by atoms with Crippen LogP contribution in [0, 0.1) is 0 Å². The summed E-state index contributed by atoms with van der Waals surface area (Å²) in [6.07, 6.45) is 3.26. The van der Waals surface area contributed by atoms with Gasteiger partial charge < -0.3 is 4.90 Å². The summed E-state index contributed by atoms with van der Waals surface area (Å²) >= 11 is 0. The number of hydrogen-bond donors (Lipinski definition) is 0. The summed E-state index contributed by atoms with van der Waals surface area (Å²) in [5.74, 6) is -0.152. The lowest BCUT2D eigenvalue weighted by molar-refractivity contribution is 0.0764. The van der Waals surface area contributed by atoms with Crippen molar-refractivity contribution in [1.29, 1.82) is 0 Å². The normalized spacial score (nSPS) is 15.8. The quantitative estimate of drug-likeness (QED) is 0.633. The molecule has 156 valence electrons. The fraction of sp³-hybridized carbons (Fsp3) is 0.286. The number of benzene rings is 2. The van der Waals surface area contributed by atoms with E-state index in [-0.39, 0.29) is 11.5 Å². The number of carbonyl (C=O) groups excluding carboxylic acids is 1. The highest BCUT2D eigenvalue weighted by Gasteiger charge is 2.24.